The molecule has 1 aromatic heterocycles. The first-order chi connectivity index (χ1) is 10.1. The summed E-state index contributed by atoms with van der Waals surface area (Å²) in [6.45, 7) is 5.47. The number of esters is 1. The summed E-state index contributed by atoms with van der Waals surface area (Å²) in [5.74, 6) is -0.410. The van der Waals surface area contributed by atoms with Crippen LogP contribution in [0, 0.1) is 0 Å². The van der Waals surface area contributed by atoms with Crippen molar-refractivity contribution in [2.45, 2.75) is 32.0 Å². The number of carbonyl (C=O) groups is 1. The van der Waals surface area contributed by atoms with Gasteiger partial charge in [0.15, 0.2) is 5.72 Å². The smallest absolute Gasteiger partial charge is 0.338 e. The summed E-state index contributed by atoms with van der Waals surface area (Å²) in [4.78, 5) is 16.1. The quantitative estimate of drug-likeness (QED) is 0.829. The molecule has 2 atom stereocenters. The average molecular weight is 294 g/mol. The maximum absolute atomic E-state index is 12.0. The molecule has 0 saturated carbocycles. The maximum atomic E-state index is 12.0. The molecule has 0 bridgehead atoms. The van der Waals surface area contributed by atoms with Crippen molar-refractivity contribution in [1.82, 2.24) is 10.3 Å². The van der Waals surface area contributed by atoms with Crippen LogP contribution in [0.15, 0.2) is 18.5 Å². The molecular formula is C15H22N2O4. The minimum atomic E-state index is -0.870. The van der Waals surface area contributed by atoms with Crippen molar-refractivity contribution in [2.24, 2.45) is 0 Å². The molecule has 2 rings (SSSR count). The number of ether oxygens (including phenoxy) is 3. The van der Waals surface area contributed by atoms with Crippen LogP contribution in [0.2, 0.25) is 0 Å². The Morgan fingerprint density at radius 1 is 1.57 bits per heavy atom. The normalized spacial score (nSPS) is 23.6. The van der Waals surface area contributed by atoms with Gasteiger partial charge in [-0.2, -0.15) is 0 Å². The predicted molar refractivity (Wildman–Crippen MR) is 76.9 cm³/mol. The number of rotatable bonds is 5. The number of hydrogen-bond donors (Lipinski definition) is 1. The fraction of sp³-hybridized carbons (Fsp3) is 0.600. The molecule has 6 nitrogen and oxygen atoms in total. The van der Waals surface area contributed by atoms with Crippen LogP contribution in [0.3, 0.4) is 0 Å². The van der Waals surface area contributed by atoms with Crippen LogP contribution in [0.4, 0.5) is 0 Å². The van der Waals surface area contributed by atoms with Crippen LogP contribution < -0.4 is 5.32 Å². The van der Waals surface area contributed by atoms with Gasteiger partial charge in [0.25, 0.3) is 0 Å². The minimum absolute atomic E-state index is 0.206. The number of pyridine rings is 1. The molecule has 0 amide bonds. The largest absolute Gasteiger partial charge is 0.465 e. The monoisotopic (exact) mass is 294 g/mol. The molecule has 0 aliphatic carbocycles. The molecule has 21 heavy (non-hydrogen) atoms. The van der Waals surface area contributed by atoms with Crippen molar-refractivity contribution in [3.63, 3.8) is 0 Å². The summed E-state index contributed by atoms with van der Waals surface area (Å²) in [6, 6.07) is 1.84. The first-order valence-corrected chi connectivity index (χ1v) is 7.15. The topological polar surface area (TPSA) is 69.7 Å². The summed E-state index contributed by atoms with van der Waals surface area (Å²) in [5.41, 5.74) is 0.219. The number of hydrogen-bond acceptors (Lipinski definition) is 6. The summed E-state index contributed by atoms with van der Waals surface area (Å²) >= 11 is 0. The molecule has 1 fully saturated rings. The first kappa shape index (κ1) is 15.9. The van der Waals surface area contributed by atoms with E-state index in [-0.39, 0.29) is 6.04 Å². The standard InChI is InChI=1S/C15H22N2O4/c1-4-11(2)17-15(10-20-7-8-21-15)13-9-16-6-5-12(13)14(18)19-3/h5-6,9,11,17H,4,7-8,10H2,1-3H3/t11?,15-/m1/s1. The molecular weight excluding hydrogens is 272 g/mol. The molecule has 0 aromatic carbocycles. The maximum Gasteiger partial charge on any atom is 0.338 e. The van der Waals surface area contributed by atoms with E-state index in [0.717, 1.165) is 6.42 Å². The van der Waals surface area contributed by atoms with Crippen molar-refractivity contribution in [3.8, 4) is 0 Å². The van der Waals surface area contributed by atoms with Crippen LogP contribution in [0.1, 0.15) is 36.2 Å². The Morgan fingerprint density at radius 3 is 3.00 bits per heavy atom. The zero-order valence-corrected chi connectivity index (χ0v) is 12.7. The van der Waals surface area contributed by atoms with Gasteiger partial charge in [-0.25, -0.2) is 4.79 Å². The van der Waals surface area contributed by atoms with E-state index >= 15 is 0 Å². The number of nitrogens with one attached hydrogen (secondary N) is 1. The van der Waals surface area contributed by atoms with Gasteiger partial charge in [-0.05, 0) is 19.4 Å². The molecule has 0 spiro atoms. The lowest BCUT2D eigenvalue weighted by Crippen LogP contribution is -2.55. The highest BCUT2D eigenvalue weighted by atomic mass is 16.6. The second-order valence-corrected chi connectivity index (χ2v) is 5.09. The Hall–Kier alpha value is -1.50. The lowest BCUT2D eigenvalue weighted by molar-refractivity contribution is -0.184. The molecule has 2 heterocycles. The lowest BCUT2D eigenvalue weighted by atomic mass is 9.97. The van der Waals surface area contributed by atoms with Gasteiger partial charge in [-0.15, -0.1) is 0 Å². The number of carbonyl (C=O) groups excluding carboxylic acids is 1. The minimum Gasteiger partial charge on any atom is -0.465 e. The molecule has 0 radical (unpaired) electrons. The van der Waals surface area contributed by atoms with E-state index in [1.165, 1.54) is 7.11 Å². The van der Waals surface area contributed by atoms with Crippen molar-refractivity contribution in [2.75, 3.05) is 26.9 Å². The van der Waals surface area contributed by atoms with Gasteiger partial charge < -0.3 is 14.2 Å². The SMILES string of the molecule is CCC(C)N[C@]1(c2cnccc2C(=O)OC)COCCO1. The van der Waals surface area contributed by atoms with Gasteiger partial charge >= 0.3 is 5.97 Å². The van der Waals surface area contributed by atoms with Crippen molar-refractivity contribution < 1.29 is 19.0 Å². The predicted octanol–water partition coefficient (Wildman–Crippen LogP) is 1.46. The van der Waals surface area contributed by atoms with Gasteiger partial charge in [0.05, 0.1) is 32.5 Å². The summed E-state index contributed by atoms with van der Waals surface area (Å²) in [6.07, 6.45) is 4.13. The highest BCUT2D eigenvalue weighted by Gasteiger charge is 2.40. The van der Waals surface area contributed by atoms with Crippen molar-refractivity contribution >= 4 is 5.97 Å². The third-order valence-electron chi connectivity index (χ3n) is 3.63. The van der Waals surface area contributed by atoms with Gasteiger partial charge in [-0.3, -0.25) is 10.3 Å². The zero-order valence-electron chi connectivity index (χ0n) is 12.7. The van der Waals surface area contributed by atoms with E-state index < -0.39 is 11.7 Å². The van der Waals surface area contributed by atoms with Crippen LogP contribution in [-0.4, -0.2) is 43.9 Å². The highest BCUT2D eigenvalue weighted by molar-refractivity contribution is 5.91. The van der Waals surface area contributed by atoms with E-state index in [1.54, 1.807) is 18.5 Å². The van der Waals surface area contributed by atoms with E-state index in [1.807, 2.05) is 0 Å². The Balaban J connectivity index is 2.43. The number of methoxy groups -OCH3 is 1. The average Bonchev–Trinajstić information content (AvgIpc) is 2.54. The van der Waals surface area contributed by atoms with E-state index in [2.05, 4.69) is 24.1 Å². The molecule has 1 unspecified atom stereocenters. The molecule has 6 heteroatoms. The van der Waals surface area contributed by atoms with Gasteiger partial charge in [-0.1, -0.05) is 6.92 Å². The Labute approximate surface area is 124 Å². The molecule has 116 valence electrons. The van der Waals surface area contributed by atoms with E-state index in [4.69, 9.17) is 14.2 Å². The molecule has 1 saturated heterocycles. The number of aromatic nitrogens is 1. The second kappa shape index (κ2) is 6.98. The van der Waals surface area contributed by atoms with Crippen LogP contribution in [-0.2, 0) is 19.9 Å². The third-order valence-corrected chi connectivity index (χ3v) is 3.63. The zero-order chi connectivity index (χ0) is 15.3. The van der Waals surface area contributed by atoms with Crippen molar-refractivity contribution in [1.29, 1.82) is 0 Å². The molecule has 1 aromatic rings. The van der Waals surface area contributed by atoms with E-state index in [0.29, 0.717) is 30.9 Å². The third kappa shape index (κ3) is 3.40. The van der Waals surface area contributed by atoms with Crippen molar-refractivity contribution in [3.05, 3.63) is 29.6 Å². The lowest BCUT2D eigenvalue weighted by Gasteiger charge is -2.40. The van der Waals surface area contributed by atoms with Gasteiger partial charge in [0, 0.05) is 24.0 Å². The van der Waals surface area contributed by atoms with E-state index in [9.17, 15) is 4.79 Å². The summed E-state index contributed by atoms with van der Waals surface area (Å²) in [5, 5.41) is 3.42. The first-order valence-electron chi connectivity index (χ1n) is 7.15. The second-order valence-electron chi connectivity index (χ2n) is 5.09. The van der Waals surface area contributed by atoms with Crippen LogP contribution >= 0.6 is 0 Å². The highest BCUT2D eigenvalue weighted by Crippen LogP contribution is 2.29. The summed E-state index contributed by atoms with van der Waals surface area (Å²) in [7, 11) is 1.36. The molecule has 1 aliphatic heterocycles. The van der Waals surface area contributed by atoms with Gasteiger partial charge in [0.2, 0.25) is 0 Å². The van der Waals surface area contributed by atoms with Gasteiger partial charge in [0.1, 0.15) is 0 Å². The molecule has 1 aliphatic rings. The summed E-state index contributed by atoms with van der Waals surface area (Å²) < 4.78 is 16.4. The number of nitrogens with zero attached hydrogens (tertiary/aromatic N) is 1. The van der Waals surface area contributed by atoms with Crippen LogP contribution in [0.25, 0.3) is 0 Å². The Bertz CT molecular complexity index is 486. The Kier molecular flexibility index (Phi) is 5.27. The fourth-order valence-corrected chi connectivity index (χ4v) is 2.35. The van der Waals surface area contributed by atoms with Crippen LogP contribution in [0.5, 0.6) is 0 Å². The Morgan fingerprint density at radius 2 is 2.38 bits per heavy atom. The fourth-order valence-electron chi connectivity index (χ4n) is 2.35. The molecule has 1 N–H and O–H groups in total.